The van der Waals surface area contributed by atoms with E-state index in [9.17, 15) is 4.79 Å². The van der Waals surface area contributed by atoms with Crippen LogP contribution in [0.5, 0.6) is 0 Å². The summed E-state index contributed by atoms with van der Waals surface area (Å²) in [5.41, 5.74) is 6.27. The van der Waals surface area contributed by atoms with E-state index in [1.807, 2.05) is 0 Å². The minimum atomic E-state index is -0.268. The summed E-state index contributed by atoms with van der Waals surface area (Å²) in [7, 11) is 1.63. The van der Waals surface area contributed by atoms with Crippen LogP contribution in [-0.2, 0) is 9.47 Å². The van der Waals surface area contributed by atoms with Gasteiger partial charge in [0, 0.05) is 20.3 Å². The molecule has 0 atom stereocenters. The summed E-state index contributed by atoms with van der Waals surface area (Å²) in [6.07, 6.45) is 3.11. The Hall–Kier alpha value is -1.37. The number of rotatable bonds is 9. The maximum atomic E-state index is 11.9. The van der Waals surface area contributed by atoms with Crippen molar-refractivity contribution < 1.29 is 14.3 Å². The Bertz CT molecular complexity index is 429. The molecule has 3 N–H and O–H groups in total. The van der Waals surface area contributed by atoms with Gasteiger partial charge in [-0.15, -0.1) is 0 Å². The van der Waals surface area contributed by atoms with Gasteiger partial charge in [-0.05, 0) is 18.9 Å². The Balaban J connectivity index is 2.18. The summed E-state index contributed by atoms with van der Waals surface area (Å²) in [6, 6.07) is 1.51. The number of hydrogen-bond acceptors (Lipinski definition) is 5. The zero-order valence-electron chi connectivity index (χ0n) is 11.5. The molecule has 0 radical (unpaired) electrons. The first kappa shape index (κ1) is 16.7. The molecule has 1 aromatic rings. The second kappa shape index (κ2) is 9.52. The van der Waals surface area contributed by atoms with Gasteiger partial charge < -0.3 is 20.5 Å². The van der Waals surface area contributed by atoms with Crippen LogP contribution < -0.4 is 11.1 Å². The second-order valence-corrected chi connectivity index (χ2v) is 4.53. The average molecular weight is 302 g/mol. The van der Waals surface area contributed by atoms with Crippen molar-refractivity contribution in [3.05, 3.63) is 23.0 Å². The van der Waals surface area contributed by atoms with Crippen LogP contribution in [0.1, 0.15) is 23.2 Å². The maximum absolute atomic E-state index is 11.9. The molecular weight excluding hydrogens is 282 g/mol. The monoisotopic (exact) mass is 301 g/mol. The van der Waals surface area contributed by atoms with Gasteiger partial charge in [0.25, 0.3) is 5.91 Å². The van der Waals surface area contributed by atoms with E-state index in [1.165, 1.54) is 12.3 Å². The van der Waals surface area contributed by atoms with E-state index in [-0.39, 0.29) is 11.1 Å². The highest BCUT2D eigenvalue weighted by Crippen LogP contribution is 2.15. The normalized spacial score (nSPS) is 10.5. The molecule has 0 fully saturated rings. The summed E-state index contributed by atoms with van der Waals surface area (Å²) in [4.78, 5) is 15.7. The minimum absolute atomic E-state index is 0.152. The van der Waals surface area contributed by atoms with Crippen LogP contribution in [0.2, 0.25) is 5.15 Å². The highest BCUT2D eigenvalue weighted by atomic mass is 35.5. The van der Waals surface area contributed by atoms with E-state index in [4.69, 9.17) is 26.8 Å². The van der Waals surface area contributed by atoms with Crippen LogP contribution in [0.4, 0.5) is 5.69 Å². The highest BCUT2D eigenvalue weighted by molar-refractivity contribution is 6.32. The molecule has 1 aromatic heterocycles. The molecule has 0 aliphatic carbocycles. The number of methoxy groups -OCH3 is 1. The molecule has 1 amide bonds. The first-order valence-corrected chi connectivity index (χ1v) is 6.79. The molecule has 1 rings (SSSR count). The van der Waals surface area contributed by atoms with Crippen molar-refractivity contribution in [3.63, 3.8) is 0 Å². The van der Waals surface area contributed by atoms with E-state index in [0.29, 0.717) is 37.6 Å². The van der Waals surface area contributed by atoms with Crippen molar-refractivity contribution in [2.45, 2.75) is 12.8 Å². The van der Waals surface area contributed by atoms with Crippen LogP contribution in [-0.4, -0.2) is 44.4 Å². The molecule has 0 saturated carbocycles. The van der Waals surface area contributed by atoms with Crippen molar-refractivity contribution >= 4 is 23.2 Å². The number of nitrogens with one attached hydrogen (secondary N) is 1. The molecule has 0 saturated heterocycles. The Morgan fingerprint density at radius 3 is 2.95 bits per heavy atom. The zero-order chi connectivity index (χ0) is 14.8. The van der Waals surface area contributed by atoms with E-state index in [2.05, 4.69) is 10.3 Å². The van der Waals surface area contributed by atoms with Crippen molar-refractivity contribution in [1.29, 1.82) is 0 Å². The number of carbonyl (C=O) groups is 1. The van der Waals surface area contributed by atoms with Gasteiger partial charge in [-0.2, -0.15) is 0 Å². The van der Waals surface area contributed by atoms with Gasteiger partial charge in [-0.3, -0.25) is 4.79 Å². The standard InChI is InChI=1S/C13H20ClN3O3/c1-19-6-7-20-5-3-2-4-16-13(18)11-8-10(15)9-17-12(11)14/h8-9H,2-7,15H2,1H3,(H,16,18). The summed E-state index contributed by atoms with van der Waals surface area (Å²) >= 11 is 5.84. The number of aromatic nitrogens is 1. The third-order valence-corrected chi connectivity index (χ3v) is 2.84. The highest BCUT2D eigenvalue weighted by Gasteiger charge is 2.11. The number of carbonyl (C=O) groups excluding carboxylic acids is 1. The van der Waals surface area contributed by atoms with Gasteiger partial charge in [0.1, 0.15) is 5.15 Å². The Kier molecular flexibility index (Phi) is 7.94. The Morgan fingerprint density at radius 1 is 1.40 bits per heavy atom. The molecule has 0 aliphatic rings. The molecule has 0 aromatic carbocycles. The second-order valence-electron chi connectivity index (χ2n) is 4.18. The maximum Gasteiger partial charge on any atom is 0.254 e. The lowest BCUT2D eigenvalue weighted by atomic mass is 10.2. The van der Waals surface area contributed by atoms with Crippen LogP contribution in [0, 0.1) is 0 Å². The largest absolute Gasteiger partial charge is 0.397 e. The van der Waals surface area contributed by atoms with Gasteiger partial charge in [0.05, 0.1) is 30.7 Å². The zero-order valence-corrected chi connectivity index (χ0v) is 12.3. The molecule has 0 spiro atoms. The summed E-state index contributed by atoms with van der Waals surface area (Å²) in [5.74, 6) is -0.268. The first-order chi connectivity index (χ1) is 9.65. The average Bonchev–Trinajstić information content (AvgIpc) is 2.44. The SMILES string of the molecule is COCCOCCCCNC(=O)c1cc(N)cnc1Cl. The fourth-order valence-corrected chi connectivity index (χ4v) is 1.68. The van der Waals surface area contributed by atoms with Crippen LogP contribution in [0.15, 0.2) is 12.3 Å². The first-order valence-electron chi connectivity index (χ1n) is 6.41. The van der Waals surface area contributed by atoms with Gasteiger partial charge in [-0.1, -0.05) is 11.6 Å². The molecule has 0 bridgehead atoms. The van der Waals surface area contributed by atoms with Gasteiger partial charge >= 0.3 is 0 Å². The summed E-state index contributed by atoms with van der Waals surface area (Å²) < 4.78 is 10.2. The minimum Gasteiger partial charge on any atom is -0.397 e. The number of hydrogen-bond donors (Lipinski definition) is 2. The number of nitrogens with two attached hydrogens (primary N) is 1. The van der Waals surface area contributed by atoms with E-state index in [1.54, 1.807) is 7.11 Å². The third-order valence-electron chi connectivity index (χ3n) is 2.54. The molecule has 0 unspecified atom stereocenters. The molecule has 6 nitrogen and oxygen atoms in total. The molecular formula is C13H20ClN3O3. The topological polar surface area (TPSA) is 86.5 Å². The smallest absolute Gasteiger partial charge is 0.254 e. The van der Waals surface area contributed by atoms with E-state index in [0.717, 1.165) is 12.8 Å². The fourth-order valence-electron chi connectivity index (χ4n) is 1.49. The van der Waals surface area contributed by atoms with Crippen LogP contribution in [0.3, 0.4) is 0 Å². The Morgan fingerprint density at radius 2 is 2.20 bits per heavy atom. The lowest BCUT2D eigenvalue weighted by molar-refractivity contribution is 0.0686. The van der Waals surface area contributed by atoms with Gasteiger partial charge in [0.2, 0.25) is 0 Å². The summed E-state index contributed by atoms with van der Waals surface area (Å²) in [5, 5.41) is 2.92. The van der Waals surface area contributed by atoms with Gasteiger partial charge in [-0.25, -0.2) is 4.98 Å². The fraction of sp³-hybridized carbons (Fsp3) is 0.538. The number of nitrogens with zero attached hydrogens (tertiary/aromatic N) is 1. The number of pyridine rings is 1. The Labute approximate surface area is 123 Å². The molecule has 112 valence electrons. The van der Waals surface area contributed by atoms with E-state index < -0.39 is 0 Å². The number of amides is 1. The number of ether oxygens (including phenoxy) is 2. The lowest BCUT2D eigenvalue weighted by Gasteiger charge is -2.07. The molecule has 1 heterocycles. The number of anilines is 1. The lowest BCUT2D eigenvalue weighted by Crippen LogP contribution is -2.25. The van der Waals surface area contributed by atoms with Crippen molar-refractivity contribution in [3.8, 4) is 0 Å². The van der Waals surface area contributed by atoms with Crippen LogP contribution >= 0.6 is 11.6 Å². The number of halogens is 1. The third kappa shape index (κ3) is 6.18. The van der Waals surface area contributed by atoms with Crippen molar-refractivity contribution in [1.82, 2.24) is 10.3 Å². The van der Waals surface area contributed by atoms with Gasteiger partial charge in [0.15, 0.2) is 0 Å². The predicted octanol–water partition coefficient (Wildman–Crippen LogP) is 1.49. The molecule has 20 heavy (non-hydrogen) atoms. The predicted molar refractivity (Wildman–Crippen MR) is 77.9 cm³/mol. The number of nitrogen functional groups attached to an aromatic ring is 1. The number of unbranched alkanes of at least 4 members (excludes halogenated alkanes) is 1. The summed E-state index contributed by atoms with van der Waals surface area (Å²) in [6.45, 7) is 2.39. The van der Waals surface area contributed by atoms with Crippen molar-refractivity contribution in [2.24, 2.45) is 0 Å². The molecule has 7 heteroatoms. The molecule has 0 aliphatic heterocycles. The van der Waals surface area contributed by atoms with E-state index >= 15 is 0 Å². The van der Waals surface area contributed by atoms with Crippen LogP contribution in [0.25, 0.3) is 0 Å². The quantitative estimate of drug-likeness (QED) is 0.533. The van der Waals surface area contributed by atoms with Crippen molar-refractivity contribution in [2.75, 3.05) is 39.2 Å².